The van der Waals surface area contributed by atoms with Gasteiger partial charge < -0.3 is 14.8 Å². The molecule has 0 amide bonds. The third-order valence-corrected chi connectivity index (χ3v) is 5.06. The van der Waals surface area contributed by atoms with Gasteiger partial charge >= 0.3 is 11.9 Å². The number of hydrogen-bond donors (Lipinski definition) is 1. The lowest BCUT2D eigenvalue weighted by molar-refractivity contribution is -0.138. The monoisotopic (exact) mass is 425 g/mol. The molecular formula is C19H17Cl2NO4S. The first kappa shape index (κ1) is 21.2. The van der Waals surface area contributed by atoms with Crippen molar-refractivity contribution in [3.05, 3.63) is 69.8 Å². The summed E-state index contributed by atoms with van der Waals surface area (Å²) in [5.74, 6) is -0.635. The minimum atomic E-state index is -0.670. The van der Waals surface area contributed by atoms with Crippen LogP contribution in [0.25, 0.3) is 0 Å². The molecule has 0 atom stereocenters. The van der Waals surface area contributed by atoms with E-state index in [1.807, 2.05) is 18.2 Å². The van der Waals surface area contributed by atoms with Crippen molar-refractivity contribution in [2.24, 2.45) is 0 Å². The molecule has 142 valence electrons. The van der Waals surface area contributed by atoms with Crippen LogP contribution >= 0.6 is 35.0 Å². The third-order valence-electron chi connectivity index (χ3n) is 3.41. The lowest BCUT2D eigenvalue weighted by Gasteiger charge is -2.10. The number of anilines is 1. The molecule has 2 aromatic rings. The molecule has 0 fully saturated rings. The number of hydrogen-bond acceptors (Lipinski definition) is 6. The van der Waals surface area contributed by atoms with Gasteiger partial charge in [-0.15, -0.1) is 11.8 Å². The fourth-order valence-electron chi connectivity index (χ4n) is 2.02. The van der Waals surface area contributed by atoms with Crippen molar-refractivity contribution in [2.75, 3.05) is 19.5 Å². The molecule has 0 unspecified atom stereocenters. The van der Waals surface area contributed by atoms with E-state index in [-0.39, 0.29) is 5.70 Å². The first-order chi connectivity index (χ1) is 12.9. The van der Waals surface area contributed by atoms with E-state index in [1.165, 1.54) is 14.2 Å². The number of thioether (sulfide) groups is 1. The molecule has 0 saturated heterocycles. The summed E-state index contributed by atoms with van der Waals surface area (Å²) in [5, 5.41) is 4.08. The Morgan fingerprint density at radius 2 is 1.78 bits per heavy atom. The summed E-state index contributed by atoms with van der Waals surface area (Å²) in [6.07, 6.45) is 1.04. The average Bonchev–Trinajstić information content (AvgIpc) is 2.67. The quantitative estimate of drug-likeness (QED) is 0.385. The second-order valence-electron chi connectivity index (χ2n) is 5.25. The maximum atomic E-state index is 11.8. The van der Waals surface area contributed by atoms with Gasteiger partial charge in [-0.25, -0.2) is 9.59 Å². The highest BCUT2D eigenvalue weighted by molar-refractivity contribution is 7.98. The zero-order valence-corrected chi connectivity index (χ0v) is 17.0. The van der Waals surface area contributed by atoms with Crippen LogP contribution in [0.5, 0.6) is 0 Å². The van der Waals surface area contributed by atoms with Crippen LogP contribution in [-0.4, -0.2) is 26.2 Å². The van der Waals surface area contributed by atoms with E-state index in [1.54, 1.807) is 36.0 Å². The minimum absolute atomic E-state index is 0.0160. The number of carbonyl (C=O) groups excluding carboxylic acids is 2. The van der Waals surface area contributed by atoms with E-state index >= 15 is 0 Å². The molecule has 0 spiro atoms. The molecule has 0 saturated carbocycles. The molecule has 8 heteroatoms. The third kappa shape index (κ3) is 6.50. The molecule has 1 N–H and O–H groups in total. The van der Waals surface area contributed by atoms with Crippen LogP contribution in [0.1, 0.15) is 5.56 Å². The number of rotatable bonds is 7. The van der Waals surface area contributed by atoms with Crippen LogP contribution in [0.2, 0.25) is 10.0 Å². The summed E-state index contributed by atoms with van der Waals surface area (Å²) >= 11 is 13.7. The van der Waals surface area contributed by atoms with Crippen LogP contribution in [0.4, 0.5) is 5.69 Å². The molecule has 0 aliphatic carbocycles. The molecule has 0 bridgehead atoms. The van der Waals surface area contributed by atoms with Gasteiger partial charge in [-0.05, 0) is 42.0 Å². The van der Waals surface area contributed by atoms with Gasteiger partial charge in [0.1, 0.15) is 5.70 Å². The summed E-state index contributed by atoms with van der Waals surface area (Å²) in [7, 11) is 2.46. The predicted molar refractivity (Wildman–Crippen MR) is 108 cm³/mol. The second-order valence-corrected chi connectivity index (χ2v) is 7.14. The highest BCUT2D eigenvalue weighted by Crippen LogP contribution is 2.29. The number of carbonyl (C=O) groups is 2. The maximum Gasteiger partial charge on any atom is 0.354 e. The van der Waals surface area contributed by atoms with E-state index in [0.29, 0.717) is 21.5 Å². The number of methoxy groups -OCH3 is 2. The van der Waals surface area contributed by atoms with Crippen molar-refractivity contribution in [1.29, 1.82) is 0 Å². The molecular weight excluding hydrogens is 409 g/mol. The standard InChI is InChI=1S/C19H17Cl2NO4S/c1-25-18(23)10-17(19(24)26-2)22-14-5-7-15(8-6-14)27-11-12-3-4-13(20)9-16(12)21/h3-10,22H,11H2,1-2H3/b17-10+. The van der Waals surface area contributed by atoms with Crippen LogP contribution < -0.4 is 5.32 Å². The summed E-state index contributed by atoms with van der Waals surface area (Å²) in [6.45, 7) is 0. The summed E-state index contributed by atoms with van der Waals surface area (Å²) in [4.78, 5) is 24.2. The SMILES string of the molecule is COC(=O)/C=C(/Nc1ccc(SCc2ccc(Cl)cc2Cl)cc1)C(=O)OC. The normalized spacial score (nSPS) is 11.0. The number of ether oxygens (including phenoxy) is 2. The molecule has 5 nitrogen and oxygen atoms in total. The fraction of sp³-hybridized carbons (Fsp3) is 0.158. The number of halogens is 2. The topological polar surface area (TPSA) is 64.6 Å². The van der Waals surface area contributed by atoms with Crippen molar-refractivity contribution >= 4 is 52.6 Å². The molecule has 2 aromatic carbocycles. The first-order valence-electron chi connectivity index (χ1n) is 7.74. The number of esters is 2. The average molecular weight is 426 g/mol. The Labute approximate surface area is 171 Å². The Kier molecular flexibility index (Phi) is 8.03. The van der Waals surface area contributed by atoms with Crippen LogP contribution in [0, 0.1) is 0 Å². The van der Waals surface area contributed by atoms with Gasteiger partial charge in [0, 0.05) is 26.4 Å². The number of benzene rings is 2. The molecule has 0 aromatic heterocycles. The van der Waals surface area contributed by atoms with E-state index in [9.17, 15) is 9.59 Å². The van der Waals surface area contributed by atoms with E-state index in [4.69, 9.17) is 23.2 Å². The van der Waals surface area contributed by atoms with Gasteiger partial charge in [0.05, 0.1) is 20.3 Å². The van der Waals surface area contributed by atoms with Crippen LogP contribution in [0.15, 0.2) is 59.1 Å². The first-order valence-corrected chi connectivity index (χ1v) is 9.49. The van der Waals surface area contributed by atoms with Gasteiger partial charge in [-0.3, -0.25) is 0 Å². The van der Waals surface area contributed by atoms with Crippen molar-refractivity contribution in [3.63, 3.8) is 0 Å². The zero-order valence-electron chi connectivity index (χ0n) is 14.6. The fourth-order valence-corrected chi connectivity index (χ4v) is 3.48. The zero-order chi connectivity index (χ0) is 19.8. The Hall–Kier alpha value is -2.15. The van der Waals surface area contributed by atoms with Crippen molar-refractivity contribution in [2.45, 2.75) is 10.6 Å². The predicted octanol–water partition coefficient (Wildman–Crippen LogP) is 4.93. The number of nitrogens with one attached hydrogen (secondary N) is 1. The van der Waals surface area contributed by atoms with E-state index in [2.05, 4.69) is 14.8 Å². The molecule has 0 aliphatic heterocycles. The molecule has 0 heterocycles. The smallest absolute Gasteiger partial charge is 0.354 e. The highest BCUT2D eigenvalue weighted by atomic mass is 35.5. The summed E-state index contributed by atoms with van der Waals surface area (Å²) in [5.41, 5.74) is 1.60. The molecule has 0 radical (unpaired) electrons. The van der Waals surface area contributed by atoms with Crippen LogP contribution in [-0.2, 0) is 24.8 Å². The maximum absolute atomic E-state index is 11.8. The largest absolute Gasteiger partial charge is 0.466 e. The second kappa shape index (κ2) is 10.3. The van der Waals surface area contributed by atoms with Crippen molar-refractivity contribution in [3.8, 4) is 0 Å². The van der Waals surface area contributed by atoms with Gasteiger partial charge in [-0.2, -0.15) is 0 Å². The summed E-state index contributed by atoms with van der Waals surface area (Å²) in [6, 6.07) is 12.8. The van der Waals surface area contributed by atoms with E-state index in [0.717, 1.165) is 16.5 Å². The minimum Gasteiger partial charge on any atom is -0.466 e. The van der Waals surface area contributed by atoms with Gasteiger partial charge in [0.15, 0.2) is 0 Å². The summed E-state index contributed by atoms with van der Waals surface area (Å²) < 4.78 is 9.19. The Morgan fingerprint density at radius 1 is 1.07 bits per heavy atom. The van der Waals surface area contributed by atoms with E-state index < -0.39 is 11.9 Å². The van der Waals surface area contributed by atoms with Crippen LogP contribution in [0.3, 0.4) is 0 Å². The molecule has 27 heavy (non-hydrogen) atoms. The highest BCUT2D eigenvalue weighted by Gasteiger charge is 2.12. The Balaban J connectivity index is 2.04. The lowest BCUT2D eigenvalue weighted by Crippen LogP contribution is -2.15. The molecule has 0 aliphatic rings. The Morgan fingerprint density at radius 3 is 2.37 bits per heavy atom. The van der Waals surface area contributed by atoms with Crippen molar-refractivity contribution < 1.29 is 19.1 Å². The van der Waals surface area contributed by atoms with Gasteiger partial charge in [0.25, 0.3) is 0 Å². The van der Waals surface area contributed by atoms with Crippen molar-refractivity contribution in [1.82, 2.24) is 0 Å². The van der Waals surface area contributed by atoms with Gasteiger partial charge in [0.2, 0.25) is 0 Å². The Bertz CT molecular complexity index is 853. The lowest BCUT2D eigenvalue weighted by atomic mass is 10.2. The van der Waals surface area contributed by atoms with Gasteiger partial charge in [-0.1, -0.05) is 29.3 Å². The molecule has 2 rings (SSSR count).